The van der Waals surface area contributed by atoms with E-state index in [2.05, 4.69) is 15.5 Å². The lowest BCUT2D eigenvalue weighted by Crippen LogP contribution is -2.11. The van der Waals surface area contributed by atoms with Gasteiger partial charge in [-0.3, -0.25) is 10.1 Å². The van der Waals surface area contributed by atoms with Crippen LogP contribution in [0, 0.1) is 0 Å². The lowest BCUT2D eigenvalue weighted by molar-refractivity contribution is 0.102. The molecule has 0 saturated carbocycles. The molecule has 1 amide bonds. The van der Waals surface area contributed by atoms with Crippen molar-refractivity contribution in [1.82, 2.24) is 20.2 Å². The Bertz CT molecular complexity index is 1400. The zero-order valence-corrected chi connectivity index (χ0v) is 18.1. The summed E-state index contributed by atoms with van der Waals surface area (Å²) in [5.74, 6) is -0.249. The Balaban J connectivity index is 1.58. The number of fused-ring (bicyclic) bond motifs is 1. The van der Waals surface area contributed by atoms with Gasteiger partial charge in [0.05, 0.1) is 22.4 Å². The first-order valence-corrected chi connectivity index (χ1v) is 11.1. The highest BCUT2D eigenvalue weighted by atomic mass is 32.1. The van der Waals surface area contributed by atoms with Crippen LogP contribution >= 0.6 is 11.3 Å². The largest absolute Gasteiger partial charge is 0.296 e. The molecule has 0 spiro atoms. The molecule has 2 heterocycles. The summed E-state index contributed by atoms with van der Waals surface area (Å²) in [5, 5.41) is 12.3. The number of rotatable bonds is 5. The van der Waals surface area contributed by atoms with Crippen LogP contribution in [-0.2, 0) is 6.42 Å². The molecule has 1 N–H and O–H groups in total. The van der Waals surface area contributed by atoms with Gasteiger partial charge in [0.1, 0.15) is 5.01 Å². The molecule has 2 aromatic heterocycles. The third-order valence-corrected chi connectivity index (χ3v) is 5.99. The summed E-state index contributed by atoms with van der Waals surface area (Å²) in [6.07, 6.45) is 0.783. The first kappa shape index (κ1) is 20.0. The lowest BCUT2D eigenvalue weighted by atomic mass is 10.0. The van der Waals surface area contributed by atoms with Crippen molar-refractivity contribution in [2.45, 2.75) is 13.3 Å². The number of amides is 1. The van der Waals surface area contributed by atoms with Crippen LogP contribution in [0.3, 0.4) is 0 Å². The van der Waals surface area contributed by atoms with Crippen LogP contribution < -0.4 is 5.32 Å². The maximum atomic E-state index is 12.8. The monoisotopic (exact) mass is 437 g/mol. The third kappa shape index (κ3) is 3.98. The first-order valence-electron chi connectivity index (χ1n) is 10.3. The number of aromatic nitrogens is 4. The van der Waals surface area contributed by atoms with Crippen LogP contribution in [0.4, 0.5) is 5.13 Å². The van der Waals surface area contributed by atoms with Gasteiger partial charge in [0.15, 0.2) is 0 Å². The topological polar surface area (TPSA) is 80.7 Å². The molecule has 7 heteroatoms. The molecule has 156 valence electrons. The molecule has 0 aliphatic rings. The average Bonchev–Trinajstić information content (AvgIpc) is 3.31. The smallest absolute Gasteiger partial charge is 0.257 e. The summed E-state index contributed by atoms with van der Waals surface area (Å²) in [6, 6.07) is 25.3. The Morgan fingerprint density at radius 1 is 0.812 bits per heavy atom. The van der Waals surface area contributed by atoms with E-state index in [1.165, 1.54) is 11.3 Å². The van der Waals surface area contributed by atoms with Gasteiger partial charge in [-0.1, -0.05) is 78.9 Å². The number of nitrogens with zero attached hydrogens (tertiary/aromatic N) is 4. The van der Waals surface area contributed by atoms with E-state index in [1.54, 1.807) is 12.1 Å². The number of aryl methyl sites for hydroxylation is 1. The van der Waals surface area contributed by atoms with Crippen LogP contribution in [0.15, 0.2) is 78.9 Å². The molecule has 0 aliphatic heterocycles. The van der Waals surface area contributed by atoms with Gasteiger partial charge in [-0.2, -0.15) is 0 Å². The molecule has 6 nitrogen and oxygen atoms in total. The summed E-state index contributed by atoms with van der Waals surface area (Å²) in [4.78, 5) is 22.6. The number of anilines is 1. The standard InChI is InChI=1S/C25H19N5OS/c1-2-21-29-30-25(32-21)28-24(31)18-13-14-19-20(15-18)27-23(17-11-7-4-8-12-17)22(26-19)16-9-5-3-6-10-16/h3-15H,2H2,1H3,(H,28,30,31). The fourth-order valence-corrected chi connectivity index (χ4v) is 4.08. The Morgan fingerprint density at radius 2 is 1.44 bits per heavy atom. The van der Waals surface area contributed by atoms with Gasteiger partial charge < -0.3 is 0 Å². The molecule has 0 saturated heterocycles. The molecule has 0 unspecified atom stereocenters. The molecule has 0 radical (unpaired) electrons. The fourth-order valence-electron chi connectivity index (χ4n) is 3.41. The number of hydrogen-bond acceptors (Lipinski definition) is 6. The maximum Gasteiger partial charge on any atom is 0.257 e. The van der Waals surface area contributed by atoms with Crippen molar-refractivity contribution in [3.63, 3.8) is 0 Å². The van der Waals surface area contributed by atoms with Crippen molar-refractivity contribution in [1.29, 1.82) is 0 Å². The summed E-state index contributed by atoms with van der Waals surface area (Å²) in [5.41, 5.74) is 5.42. The fraction of sp³-hybridized carbons (Fsp3) is 0.0800. The van der Waals surface area contributed by atoms with E-state index in [9.17, 15) is 4.79 Å². The van der Waals surface area contributed by atoms with E-state index in [1.807, 2.05) is 73.7 Å². The molecule has 0 fully saturated rings. The highest BCUT2D eigenvalue weighted by molar-refractivity contribution is 7.15. The molecule has 0 bridgehead atoms. The zero-order valence-electron chi connectivity index (χ0n) is 17.3. The van der Waals surface area contributed by atoms with Crippen LogP contribution in [0.5, 0.6) is 0 Å². The second-order valence-electron chi connectivity index (χ2n) is 7.16. The predicted octanol–water partition coefficient (Wildman–Crippen LogP) is 5.63. The second kappa shape index (κ2) is 8.64. The molecular weight excluding hydrogens is 418 g/mol. The van der Waals surface area contributed by atoms with E-state index >= 15 is 0 Å². The van der Waals surface area contributed by atoms with Crippen molar-refractivity contribution in [2.24, 2.45) is 0 Å². The summed E-state index contributed by atoms with van der Waals surface area (Å²) >= 11 is 1.38. The molecule has 5 rings (SSSR count). The van der Waals surface area contributed by atoms with Crippen molar-refractivity contribution in [3.05, 3.63) is 89.4 Å². The van der Waals surface area contributed by atoms with E-state index < -0.39 is 0 Å². The maximum absolute atomic E-state index is 12.8. The van der Waals surface area contributed by atoms with Crippen molar-refractivity contribution < 1.29 is 4.79 Å². The predicted molar refractivity (Wildman–Crippen MR) is 128 cm³/mol. The molecular formula is C25H19N5OS. The van der Waals surface area contributed by atoms with Gasteiger partial charge >= 0.3 is 0 Å². The Hall–Kier alpha value is -3.97. The Labute approximate surface area is 189 Å². The van der Waals surface area contributed by atoms with Crippen molar-refractivity contribution >= 4 is 33.4 Å². The number of nitrogens with one attached hydrogen (secondary N) is 1. The van der Waals surface area contributed by atoms with Gasteiger partial charge in [0, 0.05) is 16.7 Å². The highest BCUT2D eigenvalue weighted by Gasteiger charge is 2.15. The molecule has 5 aromatic rings. The number of carbonyl (C=O) groups is 1. The quantitative estimate of drug-likeness (QED) is 0.385. The van der Waals surface area contributed by atoms with Crippen LogP contribution in [0.2, 0.25) is 0 Å². The summed E-state index contributed by atoms with van der Waals surface area (Å²) < 4.78 is 0. The summed E-state index contributed by atoms with van der Waals surface area (Å²) in [6.45, 7) is 2.00. The molecule has 0 atom stereocenters. The minimum absolute atomic E-state index is 0.249. The first-order chi connectivity index (χ1) is 15.7. The molecule has 32 heavy (non-hydrogen) atoms. The summed E-state index contributed by atoms with van der Waals surface area (Å²) in [7, 11) is 0. The normalized spacial score (nSPS) is 10.9. The third-order valence-electron chi connectivity index (χ3n) is 5.01. The Kier molecular flexibility index (Phi) is 5.39. The molecule has 0 aliphatic carbocycles. The van der Waals surface area contributed by atoms with Gasteiger partial charge in [-0.15, -0.1) is 10.2 Å². The van der Waals surface area contributed by atoms with Gasteiger partial charge in [0.2, 0.25) is 5.13 Å². The SMILES string of the molecule is CCc1nnc(NC(=O)c2ccc3nc(-c4ccccc4)c(-c4ccccc4)nc3c2)s1. The number of benzene rings is 3. The van der Waals surface area contributed by atoms with E-state index in [0.29, 0.717) is 16.2 Å². The minimum Gasteiger partial charge on any atom is -0.296 e. The number of carbonyl (C=O) groups excluding carboxylic acids is 1. The second-order valence-corrected chi connectivity index (χ2v) is 8.23. The highest BCUT2D eigenvalue weighted by Crippen LogP contribution is 2.31. The number of hydrogen-bond donors (Lipinski definition) is 1. The molecule has 3 aromatic carbocycles. The van der Waals surface area contributed by atoms with Crippen LogP contribution in [-0.4, -0.2) is 26.1 Å². The Morgan fingerprint density at radius 3 is 2.03 bits per heavy atom. The zero-order chi connectivity index (χ0) is 21.9. The van der Waals surface area contributed by atoms with Crippen LogP contribution in [0.1, 0.15) is 22.3 Å². The minimum atomic E-state index is -0.249. The van der Waals surface area contributed by atoms with Gasteiger partial charge in [-0.25, -0.2) is 9.97 Å². The van der Waals surface area contributed by atoms with E-state index in [0.717, 1.165) is 39.5 Å². The average molecular weight is 438 g/mol. The van der Waals surface area contributed by atoms with E-state index in [-0.39, 0.29) is 5.91 Å². The van der Waals surface area contributed by atoms with E-state index in [4.69, 9.17) is 9.97 Å². The van der Waals surface area contributed by atoms with Gasteiger partial charge in [-0.05, 0) is 24.6 Å². The lowest BCUT2D eigenvalue weighted by Gasteiger charge is -2.11. The van der Waals surface area contributed by atoms with Crippen molar-refractivity contribution in [3.8, 4) is 22.5 Å². The van der Waals surface area contributed by atoms with Crippen LogP contribution in [0.25, 0.3) is 33.5 Å². The van der Waals surface area contributed by atoms with Crippen molar-refractivity contribution in [2.75, 3.05) is 5.32 Å². The van der Waals surface area contributed by atoms with Gasteiger partial charge in [0.25, 0.3) is 5.91 Å².